The molecule has 2 aromatic rings. The van der Waals surface area contributed by atoms with E-state index in [1.165, 1.54) is 48.8 Å². The van der Waals surface area contributed by atoms with Crippen LogP contribution >= 0.6 is 23.1 Å². The highest BCUT2D eigenvalue weighted by Crippen LogP contribution is 2.34. The summed E-state index contributed by atoms with van der Waals surface area (Å²) in [7, 11) is 0. The van der Waals surface area contributed by atoms with Gasteiger partial charge in [0.1, 0.15) is 16.6 Å². The molecule has 0 bridgehead atoms. The van der Waals surface area contributed by atoms with Crippen LogP contribution in [0.2, 0.25) is 0 Å². The Kier molecular flexibility index (Phi) is 14.1. The maximum Gasteiger partial charge on any atom is 0.490 e. The number of hydrogen-bond acceptors (Lipinski definition) is 8. The number of thioether (sulfide) groups is 1. The minimum atomic E-state index is -5.08. The van der Waals surface area contributed by atoms with E-state index in [2.05, 4.69) is 27.9 Å². The zero-order valence-electron chi connectivity index (χ0n) is 21.6. The van der Waals surface area contributed by atoms with Crippen LogP contribution in [0.3, 0.4) is 0 Å². The quantitative estimate of drug-likeness (QED) is 0.194. The molecule has 0 unspecified atom stereocenters. The van der Waals surface area contributed by atoms with Crippen LogP contribution in [-0.2, 0) is 16.0 Å². The first-order chi connectivity index (χ1) is 17.8. The topological polar surface area (TPSA) is 127 Å². The molecule has 0 aromatic carbocycles. The lowest BCUT2D eigenvalue weighted by Gasteiger charge is -2.23. The smallest absolute Gasteiger partial charge is 0.480 e. The molecule has 0 fully saturated rings. The molecular weight excluding hydrogens is 541 g/mol. The van der Waals surface area contributed by atoms with Gasteiger partial charge in [0.15, 0.2) is 4.34 Å². The molecule has 0 aliphatic rings. The molecule has 0 aliphatic heterocycles. The van der Waals surface area contributed by atoms with Gasteiger partial charge in [-0.1, -0.05) is 44.4 Å². The van der Waals surface area contributed by atoms with Crippen LogP contribution in [-0.4, -0.2) is 56.1 Å². The van der Waals surface area contributed by atoms with Gasteiger partial charge in [-0.3, -0.25) is 4.79 Å². The normalized spacial score (nSPS) is 11.3. The van der Waals surface area contributed by atoms with Crippen LogP contribution in [0.4, 0.5) is 19.0 Å². The number of unbranched alkanes of at least 4 members (excludes halogenated alkanes) is 4. The number of nitrogens with zero attached hydrogens (tertiary/aromatic N) is 4. The molecule has 8 nitrogen and oxygen atoms in total. The second-order valence-corrected chi connectivity index (χ2v) is 11.6. The van der Waals surface area contributed by atoms with Crippen molar-refractivity contribution in [2.45, 2.75) is 81.0 Å². The van der Waals surface area contributed by atoms with Crippen molar-refractivity contribution in [3.8, 4) is 6.07 Å². The SMILES string of the molecule is CCCCCCCN(CCCc1csc(SC(C)(C)C(=O)O)n1)c1ccc(C#N)cn1.O=C(O)C(F)(F)F. The van der Waals surface area contributed by atoms with Crippen molar-refractivity contribution in [1.82, 2.24) is 9.97 Å². The number of halogens is 3. The van der Waals surface area contributed by atoms with Crippen LogP contribution in [0.5, 0.6) is 0 Å². The fourth-order valence-electron chi connectivity index (χ4n) is 3.05. The third-order valence-electron chi connectivity index (χ3n) is 5.22. The summed E-state index contributed by atoms with van der Waals surface area (Å²) in [6.45, 7) is 7.44. The summed E-state index contributed by atoms with van der Waals surface area (Å²) >= 11 is 2.80. The van der Waals surface area contributed by atoms with Crippen LogP contribution in [0, 0.1) is 11.3 Å². The first-order valence-electron chi connectivity index (χ1n) is 12.1. The molecule has 38 heavy (non-hydrogen) atoms. The zero-order chi connectivity index (χ0) is 28.8. The van der Waals surface area contributed by atoms with E-state index in [1.54, 1.807) is 20.0 Å². The summed E-state index contributed by atoms with van der Waals surface area (Å²) in [5.41, 5.74) is 1.58. The van der Waals surface area contributed by atoms with Crippen molar-refractivity contribution in [3.05, 3.63) is 35.0 Å². The summed E-state index contributed by atoms with van der Waals surface area (Å²) in [6.07, 6.45) is 4.44. The standard InChI is InChI=1S/C23H32N4O2S2.C2HF3O2/c1-4-5-6-7-8-13-27(20-12-11-18(15-24)16-25-20)14-9-10-19-17-30-22(26-19)31-23(2,3)21(28)29;3-2(4,5)1(6)7/h11-12,16-17H,4-10,13-14H2,1-3H3,(H,28,29);(H,6,7). The number of hydrogen-bond donors (Lipinski definition) is 2. The average Bonchev–Trinajstić information content (AvgIpc) is 3.29. The maximum absolute atomic E-state index is 11.3. The van der Waals surface area contributed by atoms with Crippen molar-refractivity contribution in [1.29, 1.82) is 5.26 Å². The third-order valence-corrected chi connectivity index (χ3v) is 7.40. The number of carbonyl (C=O) groups is 2. The molecule has 210 valence electrons. The summed E-state index contributed by atoms with van der Waals surface area (Å²) < 4.78 is 31.6. The Bertz CT molecular complexity index is 1050. The lowest BCUT2D eigenvalue weighted by Crippen LogP contribution is -2.27. The first-order valence-corrected chi connectivity index (χ1v) is 13.8. The second kappa shape index (κ2) is 16.2. The van der Waals surface area contributed by atoms with Crippen molar-refractivity contribution in [2.75, 3.05) is 18.0 Å². The number of carboxylic acids is 2. The Morgan fingerprint density at radius 3 is 2.24 bits per heavy atom. The number of rotatable bonds is 14. The van der Waals surface area contributed by atoms with Crippen molar-refractivity contribution in [3.63, 3.8) is 0 Å². The van der Waals surface area contributed by atoms with Gasteiger partial charge in [-0.15, -0.1) is 11.3 Å². The fourth-order valence-corrected chi connectivity index (χ4v) is 5.28. The Labute approximate surface area is 228 Å². The Balaban J connectivity index is 0.000000905. The van der Waals surface area contributed by atoms with Gasteiger partial charge in [0.25, 0.3) is 0 Å². The van der Waals surface area contributed by atoms with Crippen molar-refractivity contribution >= 4 is 40.9 Å². The molecule has 0 saturated carbocycles. The van der Waals surface area contributed by atoms with Crippen LogP contribution in [0.15, 0.2) is 28.0 Å². The Hall–Kier alpha value is -2.85. The molecule has 2 aromatic heterocycles. The van der Waals surface area contributed by atoms with Gasteiger partial charge in [-0.05, 0) is 45.2 Å². The molecule has 2 N–H and O–H groups in total. The van der Waals surface area contributed by atoms with Gasteiger partial charge in [0.05, 0.1) is 11.3 Å². The summed E-state index contributed by atoms with van der Waals surface area (Å²) in [4.78, 5) is 31.6. The Morgan fingerprint density at radius 2 is 1.71 bits per heavy atom. The minimum Gasteiger partial charge on any atom is -0.480 e. The maximum atomic E-state index is 11.3. The molecule has 0 aliphatic carbocycles. The lowest BCUT2D eigenvalue weighted by atomic mass is 10.1. The van der Waals surface area contributed by atoms with E-state index in [0.717, 1.165) is 48.2 Å². The number of anilines is 1. The molecular formula is C25H33F3N4O4S2. The van der Waals surface area contributed by atoms with E-state index >= 15 is 0 Å². The highest BCUT2D eigenvalue weighted by molar-refractivity contribution is 8.03. The van der Waals surface area contributed by atoms with Gasteiger partial charge < -0.3 is 15.1 Å². The summed E-state index contributed by atoms with van der Waals surface area (Å²) in [5.74, 6) is -2.68. The zero-order valence-corrected chi connectivity index (χ0v) is 23.3. The number of carboxylic acid groups (broad SMARTS) is 2. The number of aliphatic carboxylic acids is 2. The Morgan fingerprint density at radius 1 is 1.08 bits per heavy atom. The molecule has 0 saturated heterocycles. The van der Waals surface area contributed by atoms with E-state index in [0.29, 0.717) is 5.56 Å². The van der Waals surface area contributed by atoms with Crippen molar-refractivity contribution in [2.24, 2.45) is 0 Å². The highest BCUT2D eigenvalue weighted by atomic mass is 32.2. The van der Waals surface area contributed by atoms with E-state index in [4.69, 9.17) is 15.2 Å². The molecule has 0 amide bonds. The van der Waals surface area contributed by atoms with Gasteiger partial charge in [0, 0.05) is 24.7 Å². The minimum absolute atomic E-state index is 0.573. The average molecular weight is 575 g/mol. The molecule has 2 rings (SSSR count). The molecule has 0 radical (unpaired) electrons. The van der Waals surface area contributed by atoms with E-state index < -0.39 is 22.9 Å². The monoisotopic (exact) mass is 574 g/mol. The van der Waals surface area contributed by atoms with Crippen LogP contribution in [0.1, 0.15) is 70.6 Å². The van der Waals surface area contributed by atoms with Crippen molar-refractivity contribution < 1.29 is 33.0 Å². The fraction of sp³-hybridized carbons (Fsp3) is 0.560. The number of aromatic nitrogens is 2. The number of nitriles is 1. The predicted molar refractivity (Wildman–Crippen MR) is 142 cm³/mol. The number of thiazole rings is 1. The number of alkyl halides is 3. The number of aryl methyl sites for hydroxylation is 1. The van der Waals surface area contributed by atoms with Gasteiger partial charge in [-0.25, -0.2) is 14.8 Å². The van der Waals surface area contributed by atoms with Crippen LogP contribution < -0.4 is 4.90 Å². The third kappa shape index (κ3) is 12.6. The highest BCUT2D eigenvalue weighted by Gasteiger charge is 2.38. The van der Waals surface area contributed by atoms with E-state index in [1.807, 2.05) is 17.5 Å². The van der Waals surface area contributed by atoms with Gasteiger partial charge in [-0.2, -0.15) is 18.4 Å². The first kappa shape index (κ1) is 33.2. The molecule has 0 spiro atoms. The predicted octanol–water partition coefficient (Wildman–Crippen LogP) is 6.41. The van der Waals surface area contributed by atoms with Gasteiger partial charge in [0.2, 0.25) is 0 Å². The number of pyridine rings is 1. The summed E-state index contributed by atoms with van der Waals surface area (Å²) in [5, 5.41) is 27.5. The summed E-state index contributed by atoms with van der Waals surface area (Å²) in [6, 6.07) is 5.87. The lowest BCUT2D eigenvalue weighted by molar-refractivity contribution is -0.192. The molecule has 0 atom stereocenters. The van der Waals surface area contributed by atoms with Gasteiger partial charge >= 0.3 is 18.1 Å². The van der Waals surface area contributed by atoms with Crippen LogP contribution in [0.25, 0.3) is 0 Å². The second-order valence-electron chi connectivity index (χ2n) is 8.85. The molecule has 13 heteroatoms. The largest absolute Gasteiger partial charge is 0.490 e. The van der Waals surface area contributed by atoms with E-state index in [9.17, 15) is 23.1 Å². The van der Waals surface area contributed by atoms with E-state index in [-0.39, 0.29) is 0 Å². The molecule has 2 heterocycles.